The number of amides is 2. The zero-order chi connectivity index (χ0) is 23.9. The smallest absolute Gasteiger partial charge is 0.270 e. The minimum Gasteiger partial charge on any atom is -0.356 e. The van der Waals surface area contributed by atoms with E-state index in [9.17, 15) is 18.0 Å². The third kappa shape index (κ3) is 4.27. The highest BCUT2D eigenvalue weighted by Gasteiger charge is 2.37. The number of aromatic nitrogens is 1. The topological polar surface area (TPSA) is 93.8 Å². The Morgan fingerprint density at radius 3 is 2.59 bits per heavy atom. The van der Waals surface area contributed by atoms with Crippen LogP contribution in [0.25, 0.3) is 0 Å². The quantitative estimate of drug-likeness (QED) is 0.722. The summed E-state index contributed by atoms with van der Waals surface area (Å²) < 4.78 is 28.2. The second-order valence-electron chi connectivity index (χ2n) is 9.79. The monoisotopic (exact) mass is 484 g/mol. The van der Waals surface area contributed by atoms with Gasteiger partial charge in [-0.1, -0.05) is 25.1 Å². The fourth-order valence-electron chi connectivity index (χ4n) is 5.33. The molecule has 34 heavy (non-hydrogen) atoms. The predicted octanol–water partition coefficient (Wildman–Crippen LogP) is 2.88. The van der Waals surface area contributed by atoms with E-state index in [2.05, 4.69) is 11.9 Å². The van der Waals surface area contributed by atoms with Crippen LogP contribution in [-0.2, 0) is 21.2 Å². The molecule has 2 fully saturated rings. The van der Waals surface area contributed by atoms with Gasteiger partial charge >= 0.3 is 0 Å². The number of hydrogen-bond donors (Lipinski definition) is 1. The first-order chi connectivity index (χ1) is 16.3. The number of carbonyl (C=O) groups is 2. The fourth-order valence-corrected chi connectivity index (χ4v) is 6.85. The molecule has 1 N–H and O–H groups in total. The highest BCUT2D eigenvalue weighted by molar-refractivity contribution is 7.89. The number of H-pyrrole nitrogens is 1. The Bertz CT molecular complexity index is 1180. The summed E-state index contributed by atoms with van der Waals surface area (Å²) in [5, 5.41) is 0. The lowest BCUT2D eigenvalue weighted by atomic mass is 9.98. The van der Waals surface area contributed by atoms with E-state index in [1.54, 1.807) is 4.90 Å². The van der Waals surface area contributed by atoms with Gasteiger partial charge in [-0.3, -0.25) is 9.59 Å². The number of benzene rings is 1. The van der Waals surface area contributed by atoms with E-state index in [0.717, 1.165) is 30.5 Å². The second kappa shape index (κ2) is 9.19. The van der Waals surface area contributed by atoms with Crippen LogP contribution in [0.5, 0.6) is 0 Å². The highest BCUT2D eigenvalue weighted by atomic mass is 32.2. The third-order valence-corrected chi connectivity index (χ3v) is 9.33. The Balaban J connectivity index is 1.28. The van der Waals surface area contributed by atoms with Crippen molar-refractivity contribution in [3.8, 4) is 0 Å². The van der Waals surface area contributed by atoms with E-state index >= 15 is 0 Å². The molecule has 3 aliphatic rings. The van der Waals surface area contributed by atoms with E-state index < -0.39 is 10.0 Å². The molecule has 2 saturated heterocycles. The van der Waals surface area contributed by atoms with Crippen molar-refractivity contribution in [1.29, 1.82) is 0 Å². The Morgan fingerprint density at radius 2 is 1.79 bits per heavy atom. The molecule has 2 aromatic rings. The van der Waals surface area contributed by atoms with Crippen LogP contribution in [0.2, 0.25) is 0 Å². The minimum absolute atomic E-state index is 0.00545. The van der Waals surface area contributed by atoms with Crippen LogP contribution in [0, 0.1) is 11.8 Å². The number of piperidine rings is 2. The molecule has 0 aliphatic carbocycles. The molecule has 0 saturated carbocycles. The number of carbonyl (C=O) groups excluding carboxylic acids is 2. The first-order valence-electron chi connectivity index (χ1n) is 12.2. The van der Waals surface area contributed by atoms with Crippen molar-refractivity contribution in [2.24, 2.45) is 11.8 Å². The van der Waals surface area contributed by atoms with Crippen LogP contribution in [0.15, 0.2) is 41.4 Å². The number of nitrogens with zero attached hydrogens (tertiary/aromatic N) is 3. The standard InChI is InChI=1S/C25H32N4O4S/c1-18-8-12-27(13-9-18)25(31)22-15-21(16-26-22)34(32,33)28-11-4-6-20(17-28)24(30)29-14-10-19-5-2-3-7-23(19)29/h2-3,5,7,15-16,18,20,26H,4,6,8-14,17H2,1H3/t20-/m0/s1. The van der Waals surface area contributed by atoms with E-state index in [0.29, 0.717) is 50.6 Å². The number of likely N-dealkylation sites (tertiary alicyclic amines) is 1. The maximum absolute atomic E-state index is 13.4. The van der Waals surface area contributed by atoms with Crippen LogP contribution < -0.4 is 4.90 Å². The van der Waals surface area contributed by atoms with Gasteiger partial charge in [-0.25, -0.2) is 8.42 Å². The molecule has 3 aliphatic heterocycles. The molecule has 2 amide bonds. The molecule has 0 radical (unpaired) electrons. The van der Waals surface area contributed by atoms with Crippen molar-refractivity contribution >= 4 is 27.5 Å². The Hall–Kier alpha value is -2.65. The molecule has 0 unspecified atom stereocenters. The van der Waals surface area contributed by atoms with Gasteiger partial charge in [0.05, 0.1) is 5.92 Å². The number of nitrogens with one attached hydrogen (secondary N) is 1. The van der Waals surface area contributed by atoms with Crippen LogP contribution in [0.1, 0.15) is 48.7 Å². The number of hydrogen-bond acceptors (Lipinski definition) is 4. The van der Waals surface area contributed by atoms with Crippen molar-refractivity contribution in [3.63, 3.8) is 0 Å². The van der Waals surface area contributed by atoms with E-state index in [4.69, 9.17) is 0 Å². The molecule has 9 heteroatoms. The highest BCUT2D eigenvalue weighted by Crippen LogP contribution is 2.32. The molecule has 0 bridgehead atoms. The number of aromatic amines is 1. The average Bonchev–Trinajstić information content (AvgIpc) is 3.52. The van der Waals surface area contributed by atoms with Crippen molar-refractivity contribution in [3.05, 3.63) is 47.8 Å². The molecular formula is C25H32N4O4S. The van der Waals surface area contributed by atoms with Crippen molar-refractivity contribution < 1.29 is 18.0 Å². The summed E-state index contributed by atoms with van der Waals surface area (Å²) in [5.74, 6) is 0.0688. The number of fused-ring (bicyclic) bond motifs is 1. The van der Waals surface area contributed by atoms with Crippen molar-refractivity contribution in [2.45, 2.75) is 43.9 Å². The summed E-state index contributed by atoms with van der Waals surface area (Å²) in [6.45, 7) is 4.74. The number of para-hydroxylation sites is 1. The number of rotatable bonds is 4. The SMILES string of the molecule is CC1CCN(C(=O)c2cc(S(=O)(=O)N3CCC[C@H](C(=O)N4CCc5ccccc54)C3)c[nH]2)CC1. The minimum atomic E-state index is -3.80. The second-order valence-corrected chi connectivity index (χ2v) is 11.7. The first-order valence-corrected chi connectivity index (χ1v) is 13.7. The normalized spacial score (nSPS) is 22.1. The molecule has 1 aromatic heterocycles. The number of sulfonamides is 1. The Labute approximate surface area is 201 Å². The summed E-state index contributed by atoms with van der Waals surface area (Å²) in [7, 11) is -3.80. The zero-order valence-electron chi connectivity index (χ0n) is 19.6. The molecule has 1 aromatic carbocycles. The van der Waals surface area contributed by atoms with Gasteiger partial charge in [0, 0.05) is 44.6 Å². The van der Waals surface area contributed by atoms with Gasteiger partial charge in [-0.15, -0.1) is 0 Å². The third-order valence-electron chi connectivity index (χ3n) is 7.48. The molecule has 8 nitrogen and oxygen atoms in total. The van der Waals surface area contributed by atoms with Crippen molar-refractivity contribution in [1.82, 2.24) is 14.2 Å². The fraction of sp³-hybridized carbons (Fsp3) is 0.520. The van der Waals surface area contributed by atoms with Crippen LogP contribution >= 0.6 is 0 Å². The van der Waals surface area contributed by atoms with E-state index in [-0.39, 0.29) is 29.2 Å². The predicted molar refractivity (Wildman–Crippen MR) is 129 cm³/mol. The van der Waals surface area contributed by atoms with Gasteiger partial charge in [0.25, 0.3) is 5.91 Å². The van der Waals surface area contributed by atoms with Gasteiger partial charge in [-0.2, -0.15) is 4.31 Å². The Kier molecular flexibility index (Phi) is 6.24. The summed E-state index contributed by atoms with van der Waals surface area (Å²) in [4.78, 5) is 32.7. The lowest BCUT2D eigenvalue weighted by molar-refractivity contribution is -0.123. The molecular weight excluding hydrogens is 452 g/mol. The van der Waals surface area contributed by atoms with Gasteiger partial charge in [0.2, 0.25) is 15.9 Å². The lowest BCUT2D eigenvalue weighted by Crippen LogP contribution is -2.46. The molecule has 1 atom stereocenters. The van der Waals surface area contributed by atoms with Crippen LogP contribution in [-0.4, -0.2) is 67.1 Å². The molecule has 4 heterocycles. The van der Waals surface area contributed by atoms with Crippen molar-refractivity contribution in [2.75, 3.05) is 37.6 Å². The largest absolute Gasteiger partial charge is 0.356 e. The molecule has 0 spiro atoms. The molecule has 182 valence electrons. The van der Waals surface area contributed by atoms with E-state index in [1.807, 2.05) is 29.2 Å². The number of anilines is 1. The molecule has 5 rings (SSSR count). The summed E-state index contributed by atoms with van der Waals surface area (Å²) >= 11 is 0. The first kappa shape index (κ1) is 23.1. The average molecular weight is 485 g/mol. The maximum Gasteiger partial charge on any atom is 0.270 e. The van der Waals surface area contributed by atoms with Gasteiger partial charge in [-0.05, 0) is 55.7 Å². The summed E-state index contributed by atoms with van der Waals surface area (Å²) in [6.07, 6.45) is 5.45. The lowest BCUT2D eigenvalue weighted by Gasteiger charge is -2.33. The van der Waals surface area contributed by atoms with Gasteiger partial charge in [0.1, 0.15) is 10.6 Å². The van der Waals surface area contributed by atoms with Crippen LogP contribution in [0.3, 0.4) is 0 Å². The van der Waals surface area contributed by atoms with E-state index in [1.165, 1.54) is 16.6 Å². The summed E-state index contributed by atoms with van der Waals surface area (Å²) in [5.41, 5.74) is 2.39. The zero-order valence-corrected chi connectivity index (χ0v) is 20.4. The Morgan fingerprint density at radius 1 is 1.03 bits per heavy atom. The van der Waals surface area contributed by atoms with Gasteiger partial charge < -0.3 is 14.8 Å². The maximum atomic E-state index is 13.4. The summed E-state index contributed by atoms with van der Waals surface area (Å²) in [6, 6.07) is 9.34. The van der Waals surface area contributed by atoms with Crippen LogP contribution in [0.4, 0.5) is 5.69 Å². The van der Waals surface area contributed by atoms with Gasteiger partial charge in [0.15, 0.2) is 0 Å².